The molecule has 4 aromatic rings. The first-order valence-electron chi connectivity index (χ1n) is 13.6. The van der Waals surface area contributed by atoms with Gasteiger partial charge in [-0.2, -0.15) is 5.10 Å². The molecular formula is C29H39FN6O2. The predicted molar refractivity (Wildman–Crippen MR) is 148 cm³/mol. The number of pyridine rings is 2. The summed E-state index contributed by atoms with van der Waals surface area (Å²) in [6, 6.07) is 2.28. The van der Waals surface area contributed by atoms with Gasteiger partial charge in [0.2, 0.25) is 0 Å². The molecule has 0 saturated heterocycles. The highest BCUT2D eigenvalue weighted by atomic mass is 19.1. The molecule has 3 N–H and O–H groups in total. The van der Waals surface area contributed by atoms with Crippen LogP contribution in [0, 0.1) is 6.92 Å². The Kier molecular flexibility index (Phi) is 7.17. The molecule has 1 saturated carbocycles. The third-order valence-corrected chi connectivity index (χ3v) is 8.05. The van der Waals surface area contributed by atoms with E-state index in [2.05, 4.69) is 41.2 Å². The van der Waals surface area contributed by atoms with E-state index in [9.17, 15) is 9.50 Å². The van der Waals surface area contributed by atoms with Crippen LogP contribution in [-0.2, 0) is 0 Å². The third-order valence-electron chi connectivity index (χ3n) is 8.05. The monoisotopic (exact) mass is 522 g/mol. The number of nitrogens with one attached hydrogen (secondary N) is 2. The van der Waals surface area contributed by atoms with Crippen LogP contribution in [0.5, 0.6) is 5.75 Å². The first-order valence-corrected chi connectivity index (χ1v) is 13.6. The lowest BCUT2D eigenvalue weighted by Crippen LogP contribution is -2.44. The summed E-state index contributed by atoms with van der Waals surface area (Å²) in [5.41, 5.74) is 6.08. The quantitative estimate of drug-likeness (QED) is 0.285. The molecule has 0 amide bonds. The standard InChI is InChI=1S/C29H39FN6O2/c1-16(2)24-25-17(3)26(18-7-9-20(10-8-18)31-13-23(30)29(4,5)37)32-12-21(25)35-27(24)19-11-22(38-6)28-33-15-34-36(28)14-19/h11-12,14-16,18,20,23,31,35,37H,7-10,13H2,1-6H3. The highest BCUT2D eigenvalue weighted by Gasteiger charge is 2.30. The summed E-state index contributed by atoms with van der Waals surface area (Å²) in [5.74, 6) is 1.34. The Hall–Kier alpha value is -3.04. The minimum absolute atomic E-state index is 0.178. The minimum Gasteiger partial charge on any atom is -0.493 e. The van der Waals surface area contributed by atoms with E-state index in [4.69, 9.17) is 9.72 Å². The van der Waals surface area contributed by atoms with Crippen LogP contribution >= 0.6 is 0 Å². The Morgan fingerprint density at radius 1 is 1.24 bits per heavy atom. The molecule has 1 aliphatic rings. The average Bonchev–Trinajstić information content (AvgIpc) is 3.52. The van der Waals surface area contributed by atoms with Crippen molar-refractivity contribution in [3.63, 3.8) is 0 Å². The first kappa shape index (κ1) is 26.6. The van der Waals surface area contributed by atoms with E-state index < -0.39 is 11.8 Å². The van der Waals surface area contributed by atoms with E-state index in [1.807, 2.05) is 18.5 Å². The Morgan fingerprint density at radius 2 is 1.97 bits per heavy atom. The molecule has 9 heteroatoms. The molecule has 1 unspecified atom stereocenters. The number of hydrogen-bond donors (Lipinski definition) is 3. The lowest BCUT2D eigenvalue weighted by atomic mass is 9.81. The Bertz CT molecular complexity index is 1430. The maximum atomic E-state index is 14.2. The van der Waals surface area contributed by atoms with Gasteiger partial charge in [-0.15, -0.1) is 0 Å². The molecular weight excluding hydrogens is 483 g/mol. The molecule has 1 atom stereocenters. The largest absolute Gasteiger partial charge is 0.493 e. The number of nitrogens with zero attached hydrogens (tertiary/aromatic N) is 4. The highest BCUT2D eigenvalue weighted by Crippen LogP contribution is 2.41. The van der Waals surface area contributed by atoms with Crippen molar-refractivity contribution in [3.05, 3.63) is 41.6 Å². The molecule has 0 radical (unpaired) electrons. The van der Waals surface area contributed by atoms with E-state index in [0.717, 1.165) is 48.2 Å². The van der Waals surface area contributed by atoms with Gasteiger partial charge < -0.3 is 20.1 Å². The van der Waals surface area contributed by atoms with Crippen LogP contribution < -0.4 is 10.1 Å². The summed E-state index contributed by atoms with van der Waals surface area (Å²) in [5, 5.41) is 18.8. The van der Waals surface area contributed by atoms with Crippen LogP contribution in [-0.4, -0.2) is 61.1 Å². The molecule has 8 nitrogen and oxygen atoms in total. The zero-order valence-corrected chi connectivity index (χ0v) is 23.2. The number of ether oxygens (including phenoxy) is 1. The molecule has 0 aliphatic heterocycles. The Balaban J connectivity index is 1.43. The summed E-state index contributed by atoms with van der Waals surface area (Å²) >= 11 is 0. The van der Waals surface area contributed by atoms with E-state index in [0.29, 0.717) is 17.3 Å². The number of aromatic nitrogens is 5. The number of aryl methyl sites for hydroxylation is 1. The maximum absolute atomic E-state index is 14.2. The number of aromatic amines is 1. The summed E-state index contributed by atoms with van der Waals surface area (Å²) < 4.78 is 21.6. The summed E-state index contributed by atoms with van der Waals surface area (Å²) in [6.07, 6.45) is 8.15. The molecule has 0 aromatic carbocycles. The van der Waals surface area contributed by atoms with Gasteiger partial charge >= 0.3 is 0 Å². The molecule has 204 valence electrons. The number of rotatable bonds is 8. The van der Waals surface area contributed by atoms with Gasteiger partial charge in [-0.3, -0.25) is 4.98 Å². The molecule has 1 aliphatic carbocycles. The van der Waals surface area contributed by atoms with E-state index in [-0.39, 0.29) is 18.5 Å². The molecule has 4 aromatic heterocycles. The van der Waals surface area contributed by atoms with E-state index >= 15 is 0 Å². The summed E-state index contributed by atoms with van der Waals surface area (Å²) in [7, 11) is 1.65. The zero-order chi connectivity index (χ0) is 27.2. The summed E-state index contributed by atoms with van der Waals surface area (Å²) in [6.45, 7) is 9.84. The topological polar surface area (TPSA) is 100 Å². The van der Waals surface area contributed by atoms with E-state index in [1.165, 1.54) is 36.7 Å². The second-order valence-corrected chi connectivity index (χ2v) is 11.5. The van der Waals surface area contributed by atoms with Crippen molar-refractivity contribution in [1.29, 1.82) is 0 Å². The van der Waals surface area contributed by atoms with Crippen LogP contribution in [0.4, 0.5) is 4.39 Å². The van der Waals surface area contributed by atoms with Crippen molar-refractivity contribution in [2.45, 2.75) is 90.0 Å². The SMILES string of the molecule is COc1cc(-c2[nH]c3cnc(C4CCC(NCC(F)C(C)(C)O)CC4)c(C)c3c2C(C)C)cn2ncnc12. The predicted octanol–water partition coefficient (Wildman–Crippen LogP) is 5.44. The van der Waals surface area contributed by atoms with Gasteiger partial charge in [-0.25, -0.2) is 13.9 Å². The number of methoxy groups -OCH3 is 1. The number of hydrogen-bond acceptors (Lipinski definition) is 6. The number of aliphatic hydroxyl groups is 1. The fraction of sp³-hybridized carbons (Fsp3) is 0.552. The number of H-pyrrole nitrogens is 1. The van der Waals surface area contributed by atoms with Crippen LogP contribution in [0.3, 0.4) is 0 Å². The first-order chi connectivity index (χ1) is 18.1. The van der Waals surface area contributed by atoms with Crippen molar-refractivity contribution >= 4 is 16.6 Å². The highest BCUT2D eigenvalue weighted by molar-refractivity contribution is 5.94. The van der Waals surface area contributed by atoms with Gasteiger partial charge in [0.15, 0.2) is 11.4 Å². The molecule has 1 fully saturated rings. The van der Waals surface area contributed by atoms with Crippen LogP contribution in [0.15, 0.2) is 24.8 Å². The molecule has 4 heterocycles. The van der Waals surface area contributed by atoms with Crippen LogP contribution in [0.1, 0.15) is 82.0 Å². The van der Waals surface area contributed by atoms with Crippen molar-refractivity contribution in [1.82, 2.24) is 29.9 Å². The van der Waals surface area contributed by atoms with Crippen LogP contribution in [0.25, 0.3) is 27.8 Å². The second kappa shape index (κ2) is 10.3. The lowest BCUT2D eigenvalue weighted by Gasteiger charge is -2.31. The normalized spacial score (nSPS) is 19.5. The molecule has 5 rings (SSSR count). The Labute approximate surface area is 223 Å². The third kappa shape index (κ3) is 4.89. The van der Waals surface area contributed by atoms with Crippen molar-refractivity contribution in [2.24, 2.45) is 0 Å². The number of alkyl halides is 1. The maximum Gasteiger partial charge on any atom is 0.197 e. The Morgan fingerprint density at radius 3 is 2.63 bits per heavy atom. The minimum atomic E-state index is -1.32. The van der Waals surface area contributed by atoms with Gasteiger partial charge in [-0.1, -0.05) is 13.8 Å². The zero-order valence-electron chi connectivity index (χ0n) is 23.2. The van der Waals surface area contributed by atoms with E-state index in [1.54, 1.807) is 11.6 Å². The fourth-order valence-corrected chi connectivity index (χ4v) is 5.88. The van der Waals surface area contributed by atoms with Crippen molar-refractivity contribution in [3.8, 4) is 17.0 Å². The average molecular weight is 523 g/mol. The van der Waals surface area contributed by atoms with Gasteiger partial charge in [-0.05, 0) is 69.6 Å². The smallest absolute Gasteiger partial charge is 0.197 e. The number of halogens is 1. The molecule has 38 heavy (non-hydrogen) atoms. The van der Waals surface area contributed by atoms with Crippen molar-refractivity contribution < 1.29 is 14.2 Å². The molecule has 0 spiro atoms. The van der Waals surface area contributed by atoms with Crippen LogP contribution in [0.2, 0.25) is 0 Å². The second-order valence-electron chi connectivity index (χ2n) is 11.5. The molecule has 0 bridgehead atoms. The number of fused-ring (bicyclic) bond motifs is 2. The van der Waals surface area contributed by atoms with Gasteiger partial charge in [0.1, 0.15) is 12.5 Å². The van der Waals surface area contributed by atoms with Gasteiger partial charge in [0, 0.05) is 41.3 Å². The van der Waals surface area contributed by atoms with Gasteiger partial charge in [0.05, 0.1) is 30.1 Å². The van der Waals surface area contributed by atoms with Crippen molar-refractivity contribution in [2.75, 3.05) is 13.7 Å². The lowest BCUT2D eigenvalue weighted by molar-refractivity contribution is -0.00383. The fourth-order valence-electron chi connectivity index (χ4n) is 5.88. The summed E-state index contributed by atoms with van der Waals surface area (Å²) in [4.78, 5) is 12.9. The van der Waals surface area contributed by atoms with Gasteiger partial charge in [0.25, 0.3) is 0 Å².